The van der Waals surface area contributed by atoms with Gasteiger partial charge in [0.25, 0.3) is 0 Å². The van der Waals surface area contributed by atoms with Crippen LogP contribution in [0.15, 0.2) is 42.5 Å². The second-order valence-corrected chi connectivity index (χ2v) is 9.24. The molecule has 1 amide bonds. The third kappa shape index (κ3) is 4.09. The quantitative estimate of drug-likeness (QED) is 0.662. The van der Waals surface area contributed by atoms with Crippen LogP contribution in [0.25, 0.3) is 6.08 Å². The number of aliphatic hydroxyl groups is 1. The van der Waals surface area contributed by atoms with Crippen molar-refractivity contribution >= 4 is 12.0 Å². The Morgan fingerprint density at radius 1 is 1.09 bits per heavy atom. The number of benzene rings is 2. The summed E-state index contributed by atoms with van der Waals surface area (Å²) in [5.74, 6) is 2.61. The van der Waals surface area contributed by atoms with Gasteiger partial charge in [-0.1, -0.05) is 18.9 Å². The Morgan fingerprint density at radius 3 is 2.76 bits per heavy atom. The number of methoxy groups -OCH3 is 2. The molecule has 3 atom stereocenters. The maximum absolute atomic E-state index is 13.6. The highest BCUT2D eigenvalue weighted by Gasteiger charge is 2.50. The first-order valence-electron chi connectivity index (χ1n) is 11.8. The molecule has 34 heavy (non-hydrogen) atoms. The lowest BCUT2D eigenvalue weighted by molar-refractivity contribution is -0.151. The van der Waals surface area contributed by atoms with Crippen LogP contribution < -0.4 is 18.9 Å². The van der Waals surface area contributed by atoms with Crippen molar-refractivity contribution in [3.05, 3.63) is 53.6 Å². The van der Waals surface area contributed by atoms with Crippen molar-refractivity contribution in [2.24, 2.45) is 5.92 Å². The normalized spacial score (nSPS) is 25.8. The van der Waals surface area contributed by atoms with Gasteiger partial charge in [0.2, 0.25) is 12.7 Å². The molecule has 0 unspecified atom stereocenters. The minimum atomic E-state index is -0.783. The summed E-state index contributed by atoms with van der Waals surface area (Å²) in [6.07, 6.45) is 7.63. The van der Waals surface area contributed by atoms with E-state index < -0.39 is 5.60 Å². The summed E-state index contributed by atoms with van der Waals surface area (Å²) < 4.78 is 22.0. The Labute approximate surface area is 199 Å². The van der Waals surface area contributed by atoms with E-state index in [1.54, 1.807) is 26.4 Å². The first-order chi connectivity index (χ1) is 16.5. The van der Waals surface area contributed by atoms with Crippen LogP contribution in [0.1, 0.15) is 49.3 Å². The number of piperidine rings is 1. The topological polar surface area (TPSA) is 77.5 Å². The number of rotatable bonds is 5. The molecule has 1 aliphatic carbocycles. The fourth-order valence-corrected chi connectivity index (χ4v) is 5.66. The number of hydrogen-bond acceptors (Lipinski definition) is 6. The Bertz CT molecular complexity index is 1100. The van der Waals surface area contributed by atoms with E-state index >= 15 is 0 Å². The summed E-state index contributed by atoms with van der Waals surface area (Å²) in [6.45, 7) is 0.686. The lowest BCUT2D eigenvalue weighted by Gasteiger charge is -2.52. The minimum absolute atomic E-state index is 0.0705. The van der Waals surface area contributed by atoms with E-state index in [-0.39, 0.29) is 24.7 Å². The highest BCUT2D eigenvalue weighted by atomic mass is 16.7. The molecule has 2 aromatic rings. The highest BCUT2D eigenvalue weighted by Crippen LogP contribution is 2.51. The monoisotopic (exact) mass is 465 g/mol. The van der Waals surface area contributed by atoms with Gasteiger partial charge in [-0.05, 0) is 61.2 Å². The van der Waals surface area contributed by atoms with E-state index in [0.717, 1.165) is 36.8 Å². The predicted octanol–water partition coefficient (Wildman–Crippen LogP) is 4.34. The van der Waals surface area contributed by atoms with Crippen LogP contribution in [0.3, 0.4) is 0 Å². The van der Waals surface area contributed by atoms with Gasteiger partial charge in [0.05, 0.1) is 25.9 Å². The number of carbonyl (C=O) groups excluding carboxylic acids is 1. The molecule has 1 saturated heterocycles. The zero-order valence-electron chi connectivity index (χ0n) is 19.7. The Kier molecular flexibility index (Phi) is 6.13. The molecule has 0 radical (unpaired) electrons. The van der Waals surface area contributed by atoms with E-state index in [9.17, 15) is 9.90 Å². The third-order valence-corrected chi connectivity index (χ3v) is 7.42. The molecule has 2 aromatic carbocycles. The van der Waals surface area contributed by atoms with Crippen LogP contribution >= 0.6 is 0 Å². The molecule has 2 aliphatic heterocycles. The number of likely N-dealkylation sites (tertiary alicyclic amines) is 1. The summed E-state index contributed by atoms with van der Waals surface area (Å²) in [5, 5.41) is 11.6. The second-order valence-electron chi connectivity index (χ2n) is 9.24. The largest absolute Gasteiger partial charge is 0.497 e. The number of amides is 1. The molecule has 1 saturated carbocycles. The molecule has 1 N–H and O–H groups in total. The average molecular weight is 466 g/mol. The van der Waals surface area contributed by atoms with E-state index in [0.29, 0.717) is 36.0 Å². The van der Waals surface area contributed by atoms with Gasteiger partial charge in [-0.2, -0.15) is 0 Å². The third-order valence-electron chi connectivity index (χ3n) is 7.42. The van der Waals surface area contributed by atoms with E-state index in [1.807, 2.05) is 41.3 Å². The maximum Gasteiger partial charge on any atom is 0.247 e. The first kappa shape index (κ1) is 22.6. The highest BCUT2D eigenvalue weighted by molar-refractivity contribution is 5.92. The molecule has 0 aromatic heterocycles. The predicted molar refractivity (Wildman–Crippen MR) is 127 cm³/mol. The standard InChI is InChI=1S/C27H31NO6/c1-31-19-8-10-22(32-2)20(16-19)26-21-5-3-4-12-27(21,30)13-14-28(26)25(29)11-7-18-6-9-23-24(15-18)34-17-33-23/h6-11,15-16,21,26,30H,3-5,12-14,17H2,1-2H3/b11-7+/t21-,26+,27-/m1/s1. The van der Waals surface area contributed by atoms with Crippen LogP contribution in [0, 0.1) is 5.92 Å². The Hall–Kier alpha value is -3.19. The molecular weight excluding hydrogens is 434 g/mol. The van der Waals surface area contributed by atoms with Crippen molar-refractivity contribution in [1.29, 1.82) is 0 Å². The molecule has 180 valence electrons. The van der Waals surface area contributed by atoms with Crippen LogP contribution in [0.2, 0.25) is 0 Å². The lowest BCUT2D eigenvalue weighted by atomic mass is 9.66. The number of fused-ring (bicyclic) bond motifs is 2. The van der Waals surface area contributed by atoms with Gasteiger partial charge in [0.15, 0.2) is 11.5 Å². The minimum Gasteiger partial charge on any atom is -0.497 e. The van der Waals surface area contributed by atoms with Crippen molar-refractivity contribution in [2.45, 2.75) is 43.7 Å². The second kappa shape index (κ2) is 9.22. The number of ether oxygens (including phenoxy) is 4. The fraction of sp³-hybridized carbons (Fsp3) is 0.444. The molecule has 7 heteroatoms. The molecule has 5 rings (SSSR count). The zero-order valence-corrected chi connectivity index (χ0v) is 19.7. The molecule has 7 nitrogen and oxygen atoms in total. The van der Waals surface area contributed by atoms with Gasteiger partial charge in [-0.15, -0.1) is 0 Å². The number of hydrogen-bond donors (Lipinski definition) is 1. The van der Waals surface area contributed by atoms with Crippen LogP contribution in [0.5, 0.6) is 23.0 Å². The molecule has 2 fully saturated rings. The Balaban J connectivity index is 1.49. The first-order valence-corrected chi connectivity index (χ1v) is 11.8. The molecule has 0 spiro atoms. The molecule has 0 bridgehead atoms. The maximum atomic E-state index is 13.6. The van der Waals surface area contributed by atoms with Crippen molar-refractivity contribution in [3.63, 3.8) is 0 Å². The summed E-state index contributed by atoms with van der Waals surface area (Å²) in [5.41, 5.74) is 0.949. The SMILES string of the molecule is COc1ccc(OC)c([C@H]2[C@H]3CCCC[C@@]3(O)CCN2C(=O)/C=C/c2ccc3c(c2)OCO3)c1. The smallest absolute Gasteiger partial charge is 0.247 e. The summed E-state index contributed by atoms with van der Waals surface area (Å²) >= 11 is 0. The van der Waals surface area contributed by atoms with E-state index in [1.165, 1.54) is 0 Å². The zero-order chi connectivity index (χ0) is 23.7. The van der Waals surface area contributed by atoms with Crippen molar-refractivity contribution in [2.75, 3.05) is 27.6 Å². The summed E-state index contributed by atoms with van der Waals surface area (Å²) in [6, 6.07) is 11.0. The van der Waals surface area contributed by atoms with Gasteiger partial charge in [0, 0.05) is 24.1 Å². The van der Waals surface area contributed by atoms with Gasteiger partial charge < -0.3 is 29.0 Å². The van der Waals surface area contributed by atoms with Gasteiger partial charge in [-0.3, -0.25) is 4.79 Å². The fourth-order valence-electron chi connectivity index (χ4n) is 5.66. The van der Waals surface area contributed by atoms with Crippen molar-refractivity contribution < 1.29 is 28.8 Å². The van der Waals surface area contributed by atoms with Crippen LogP contribution in [-0.4, -0.2) is 49.1 Å². The van der Waals surface area contributed by atoms with Crippen molar-refractivity contribution in [1.82, 2.24) is 4.90 Å². The molecule has 2 heterocycles. The Morgan fingerprint density at radius 2 is 1.94 bits per heavy atom. The van der Waals surface area contributed by atoms with Gasteiger partial charge in [0.1, 0.15) is 11.5 Å². The van der Waals surface area contributed by atoms with E-state index in [4.69, 9.17) is 18.9 Å². The summed E-state index contributed by atoms with van der Waals surface area (Å²) in [7, 11) is 3.26. The average Bonchev–Trinajstić information content (AvgIpc) is 3.34. The number of carbonyl (C=O) groups is 1. The van der Waals surface area contributed by atoms with E-state index in [2.05, 4.69) is 0 Å². The molecule has 3 aliphatic rings. The van der Waals surface area contributed by atoms with Crippen molar-refractivity contribution in [3.8, 4) is 23.0 Å². The summed E-state index contributed by atoms with van der Waals surface area (Å²) in [4.78, 5) is 15.4. The van der Waals surface area contributed by atoms with Crippen LogP contribution in [-0.2, 0) is 4.79 Å². The lowest BCUT2D eigenvalue weighted by Crippen LogP contribution is -2.56. The van der Waals surface area contributed by atoms with Gasteiger partial charge in [-0.25, -0.2) is 0 Å². The van der Waals surface area contributed by atoms with Gasteiger partial charge >= 0.3 is 0 Å². The number of nitrogens with zero attached hydrogens (tertiary/aromatic N) is 1. The van der Waals surface area contributed by atoms with Crippen LogP contribution in [0.4, 0.5) is 0 Å². The molecular formula is C27H31NO6.